The average molecular weight is 540 g/mol. The van der Waals surface area contributed by atoms with E-state index < -0.39 is 0 Å². The van der Waals surface area contributed by atoms with E-state index in [0.29, 0.717) is 18.8 Å². The molecule has 0 aliphatic heterocycles. The van der Waals surface area contributed by atoms with E-state index in [2.05, 4.69) is 45.9 Å². The maximum absolute atomic E-state index is 11.7. The van der Waals surface area contributed by atoms with Crippen LogP contribution < -0.4 is 4.90 Å². The molecule has 0 bridgehead atoms. The van der Waals surface area contributed by atoms with E-state index in [1.807, 2.05) is 52.2 Å². The molecular formula is C23H27N3O2S2Tc. The van der Waals surface area contributed by atoms with Gasteiger partial charge < -0.3 is 45.6 Å². The van der Waals surface area contributed by atoms with Gasteiger partial charge in [-0.2, -0.15) is 11.3 Å². The van der Waals surface area contributed by atoms with Crippen LogP contribution in [-0.2, 0) is 59.0 Å². The standard InChI is InChI=1S/C23H30N3OS2.O.Tc/c1-23(2,29)16-24-14-19-13-18(9-12-21(19)25-22(27)15-28)6-5-17-7-10-20(11-8-17)26(3)4;;/h5-13H,14-16H2,1-4H3,(H3,25,27,28,29);;/q-1;;+4/p-3/b6-5+;;. The van der Waals surface area contributed by atoms with E-state index in [1.165, 1.54) is 0 Å². The number of carbonyl (C=O) groups excluding carboxylic acids is 1. The van der Waals surface area contributed by atoms with Crippen molar-refractivity contribution in [1.29, 1.82) is 0 Å². The number of hydrogen-bond donors (Lipinski definition) is 0. The molecule has 165 valence electrons. The fourth-order valence-electron chi connectivity index (χ4n) is 2.63. The predicted octanol–water partition coefficient (Wildman–Crippen LogP) is 5.08. The average Bonchev–Trinajstić information content (AvgIpc) is 2.74. The first-order valence-electron chi connectivity index (χ1n) is 9.58. The Morgan fingerprint density at radius 3 is 2.19 bits per heavy atom. The monoisotopic (exact) mass is 538 g/mol. The second kappa shape index (κ2) is 13.9. The summed E-state index contributed by atoms with van der Waals surface area (Å²) in [6.07, 6.45) is 4.11. The second-order valence-electron chi connectivity index (χ2n) is 7.66. The summed E-state index contributed by atoms with van der Waals surface area (Å²) in [4.78, 5) is 13.8. The van der Waals surface area contributed by atoms with Crippen LogP contribution in [0.3, 0.4) is 0 Å². The van der Waals surface area contributed by atoms with Gasteiger partial charge in [0.1, 0.15) is 0 Å². The Labute approximate surface area is 207 Å². The summed E-state index contributed by atoms with van der Waals surface area (Å²) in [5, 5.41) is 8.68. The van der Waals surface area contributed by atoms with Crippen molar-refractivity contribution in [3.8, 4) is 0 Å². The first-order valence-corrected chi connectivity index (χ1v) is 11.3. The van der Waals surface area contributed by atoms with Crippen molar-refractivity contribution in [3.63, 3.8) is 0 Å². The number of rotatable bonds is 9. The van der Waals surface area contributed by atoms with Crippen molar-refractivity contribution < 1.29 is 27.2 Å². The van der Waals surface area contributed by atoms with Crippen molar-refractivity contribution in [3.05, 3.63) is 69.8 Å². The third-order valence-electron chi connectivity index (χ3n) is 4.12. The number of anilines is 1. The zero-order valence-electron chi connectivity index (χ0n) is 18.2. The molecule has 0 aliphatic rings. The third-order valence-corrected chi connectivity index (χ3v) is 4.50. The molecule has 2 aromatic rings. The van der Waals surface area contributed by atoms with Gasteiger partial charge in [0.15, 0.2) is 0 Å². The van der Waals surface area contributed by atoms with Gasteiger partial charge in [-0.05, 0) is 23.3 Å². The fourth-order valence-corrected chi connectivity index (χ4v) is 2.79. The van der Waals surface area contributed by atoms with Crippen molar-refractivity contribution in [1.82, 2.24) is 0 Å². The van der Waals surface area contributed by atoms with Crippen molar-refractivity contribution in [2.24, 2.45) is 0 Å². The van der Waals surface area contributed by atoms with E-state index in [9.17, 15) is 4.79 Å². The normalized spacial score (nSPS) is 11.1. The SMILES string of the molecule is CN(C)c1ccc(/C=C/c2ccc([N-]C(=O)C[S-])c(C[N-]CC(C)(C)[S-])c2)cc1.[O]=[Tc+4]. The molecule has 2 aromatic carbocycles. The molecule has 5 nitrogen and oxygen atoms in total. The summed E-state index contributed by atoms with van der Waals surface area (Å²) in [6.45, 7) is 4.97. The molecule has 0 N–H and O–H groups in total. The maximum atomic E-state index is 11.7. The predicted molar refractivity (Wildman–Crippen MR) is 130 cm³/mol. The molecule has 31 heavy (non-hydrogen) atoms. The van der Waals surface area contributed by atoms with E-state index >= 15 is 0 Å². The molecule has 2 rings (SSSR count). The summed E-state index contributed by atoms with van der Waals surface area (Å²) in [6, 6.07) is 14.1. The molecule has 0 saturated heterocycles. The number of carbonyl (C=O) groups is 1. The van der Waals surface area contributed by atoms with Gasteiger partial charge in [-0.25, -0.2) is 0 Å². The van der Waals surface area contributed by atoms with Gasteiger partial charge in [-0.15, -0.1) is 18.0 Å². The molecule has 1 amide bonds. The van der Waals surface area contributed by atoms with E-state index in [4.69, 9.17) is 28.8 Å². The summed E-state index contributed by atoms with van der Waals surface area (Å²) >= 11 is 11.1. The Morgan fingerprint density at radius 1 is 1.06 bits per heavy atom. The van der Waals surface area contributed by atoms with E-state index in [0.717, 1.165) is 41.2 Å². The van der Waals surface area contributed by atoms with E-state index in [-0.39, 0.29) is 16.4 Å². The fraction of sp³-hybridized carbons (Fsp3) is 0.348. The summed E-state index contributed by atoms with van der Waals surface area (Å²) in [7, 11) is 4.04. The van der Waals surface area contributed by atoms with Gasteiger partial charge in [0.05, 0.1) is 0 Å². The molecule has 0 fully saturated rings. The van der Waals surface area contributed by atoms with Crippen LogP contribution in [0.5, 0.6) is 0 Å². The van der Waals surface area contributed by atoms with Crippen LogP contribution >= 0.6 is 0 Å². The van der Waals surface area contributed by atoms with Gasteiger partial charge in [-0.1, -0.05) is 61.9 Å². The summed E-state index contributed by atoms with van der Waals surface area (Å²) in [5.74, 6) is -0.338. The number of benzene rings is 2. The third kappa shape index (κ3) is 10.6. The molecule has 0 spiro atoms. The Bertz CT molecular complexity index is 866. The molecule has 0 atom stereocenters. The van der Waals surface area contributed by atoms with Gasteiger partial charge in [0.2, 0.25) is 0 Å². The summed E-state index contributed by atoms with van der Waals surface area (Å²) in [5.41, 5.74) is 4.82. The molecule has 0 aromatic heterocycles. The molecule has 0 saturated carbocycles. The number of hydrogen-bond acceptors (Lipinski definition) is 5. The van der Waals surface area contributed by atoms with E-state index in [1.54, 1.807) is 0 Å². The summed E-state index contributed by atoms with van der Waals surface area (Å²) < 4.78 is 7.93. The Balaban J connectivity index is 0.00000233. The molecular weight excluding hydrogens is 512 g/mol. The zero-order chi connectivity index (χ0) is 23.4. The van der Waals surface area contributed by atoms with Gasteiger partial charge in [0.25, 0.3) is 0 Å². The molecule has 0 radical (unpaired) electrons. The Morgan fingerprint density at radius 2 is 1.65 bits per heavy atom. The minimum absolute atomic E-state index is 0.0274. The second-order valence-corrected chi connectivity index (χ2v) is 9.05. The first-order chi connectivity index (χ1) is 14.7. The quantitative estimate of drug-likeness (QED) is 0.329. The van der Waals surface area contributed by atoms with Crippen LogP contribution in [0, 0.1) is 0 Å². The Kier molecular flexibility index (Phi) is 12.3. The van der Waals surface area contributed by atoms with Crippen LogP contribution in [0.15, 0.2) is 42.5 Å². The molecule has 0 aliphatic carbocycles. The minimum atomic E-state index is -0.311. The van der Waals surface area contributed by atoms with Crippen LogP contribution in [0.4, 0.5) is 11.4 Å². The van der Waals surface area contributed by atoms with Crippen LogP contribution in [0.2, 0.25) is 0 Å². The van der Waals surface area contributed by atoms with Crippen LogP contribution in [0.1, 0.15) is 30.5 Å². The molecule has 0 unspecified atom stereocenters. The first kappa shape index (κ1) is 27.6. The topological polar surface area (TPSA) is 65.6 Å². The number of amides is 1. The van der Waals surface area contributed by atoms with Gasteiger partial charge in [0, 0.05) is 25.7 Å². The van der Waals surface area contributed by atoms with Crippen molar-refractivity contribution >= 4 is 54.7 Å². The van der Waals surface area contributed by atoms with Crippen LogP contribution in [-0.4, -0.2) is 37.0 Å². The zero-order valence-corrected chi connectivity index (χ0v) is 21.7. The van der Waals surface area contributed by atoms with Crippen molar-refractivity contribution in [2.45, 2.75) is 25.1 Å². The number of nitrogens with zero attached hydrogens (tertiary/aromatic N) is 3. The van der Waals surface area contributed by atoms with Gasteiger partial charge in [-0.3, -0.25) is 0 Å². The molecule has 8 heteroatoms. The van der Waals surface area contributed by atoms with Gasteiger partial charge >= 0.3 is 22.4 Å². The van der Waals surface area contributed by atoms with Crippen molar-refractivity contribution in [2.75, 3.05) is 31.3 Å². The molecule has 0 heterocycles. The van der Waals surface area contributed by atoms with Crippen LogP contribution in [0.25, 0.3) is 22.8 Å². The Hall–Kier alpha value is -1.44.